The Balaban J connectivity index is 2.96. The van der Waals surface area contributed by atoms with Gasteiger partial charge in [-0.15, -0.1) is 0 Å². The molecule has 0 aliphatic rings. The number of carboxylic acids is 1. The number of nitrogens with zero attached hydrogens (tertiary/aromatic N) is 1. The second-order valence-corrected chi connectivity index (χ2v) is 3.82. The summed E-state index contributed by atoms with van der Waals surface area (Å²) in [6, 6.07) is 1.76. The predicted molar refractivity (Wildman–Crippen MR) is 58.0 cm³/mol. The van der Waals surface area contributed by atoms with Crippen LogP contribution in [0.3, 0.4) is 0 Å². The lowest BCUT2D eigenvalue weighted by Crippen LogP contribution is -2.18. The molecule has 1 heterocycles. The van der Waals surface area contributed by atoms with Crippen LogP contribution in [0.2, 0.25) is 5.02 Å². The van der Waals surface area contributed by atoms with Crippen LogP contribution in [-0.2, 0) is 4.79 Å². The third-order valence-corrected chi connectivity index (χ3v) is 2.38. The number of hydrogen-bond donors (Lipinski definition) is 2. The first kappa shape index (κ1) is 11.9. The summed E-state index contributed by atoms with van der Waals surface area (Å²) in [7, 11) is 0. The molecule has 0 spiro atoms. The van der Waals surface area contributed by atoms with E-state index >= 15 is 0 Å². The summed E-state index contributed by atoms with van der Waals surface area (Å²) >= 11 is 5.76. The molecule has 82 valence electrons. The van der Waals surface area contributed by atoms with Crippen molar-refractivity contribution in [2.24, 2.45) is 5.73 Å². The Labute approximate surface area is 93.1 Å². The van der Waals surface area contributed by atoms with E-state index in [1.807, 2.05) is 6.92 Å². The minimum absolute atomic E-state index is 0.00796. The van der Waals surface area contributed by atoms with Gasteiger partial charge in [0.05, 0.1) is 11.4 Å². The van der Waals surface area contributed by atoms with Gasteiger partial charge in [0.15, 0.2) is 0 Å². The van der Waals surface area contributed by atoms with Gasteiger partial charge in [-0.05, 0) is 18.6 Å². The van der Waals surface area contributed by atoms with Crippen molar-refractivity contribution in [1.82, 2.24) is 4.98 Å². The van der Waals surface area contributed by atoms with Crippen LogP contribution < -0.4 is 5.73 Å². The number of halogens is 1. The van der Waals surface area contributed by atoms with Crippen LogP contribution >= 0.6 is 11.6 Å². The summed E-state index contributed by atoms with van der Waals surface area (Å²) in [5, 5.41) is 9.26. The van der Waals surface area contributed by atoms with Gasteiger partial charge in [0.2, 0.25) is 0 Å². The zero-order valence-electron chi connectivity index (χ0n) is 8.40. The van der Waals surface area contributed by atoms with Crippen LogP contribution in [0.25, 0.3) is 0 Å². The van der Waals surface area contributed by atoms with E-state index in [0.717, 1.165) is 5.56 Å². The normalized spacial score (nSPS) is 12.5. The van der Waals surface area contributed by atoms with Gasteiger partial charge in [-0.2, -0.15) is 0 Å². The Morgan fingerprint density at radius 3 is 2.87 bits per heavy atom. The molecule has 0 aliphatic carbocycles. The summed E-state index contributed by atoms with van der Waals surface area (Å²) in [5.41, 5.74) is 7.11. The molecular formula is C10H13ClN2O2. The van der Waals surface area contributed by atoms with Gasteiger partial charge < -0.3 is 10.8 Å². The maximum Gasteiger partial charge on any atom is 0.304 e. The topological polar surface area (TPSA) is 76.2 Å². The number of pyridine rings is 1. The first-order chi connectivity index (χ1) is 7.04. The fraction of sp³-hybridized carbons (Fsp3) is 0.400. The number of carbonyl (C=O) groups is 1. The lowest BCUT2D eigenvalue weighted by Gasteiger charge is -2.14. The predicted octanol–water partition coefficient (Wildman–Crippen LogP) is 1.56. The molecule has 1 aromatic rings. The van der Waals surface area contributed by atoms with Gasteiger partial charge in [-0.25, -0.2) is 0 Å². The Morgan fingerprint density at radius 2 is 2.40 bits per heavy atom. The lowest BCUT2D eigenvalue weighted by atomic mass is 9.97. The highest BCUT2D eigenvalue weighted by Crippen LogP contribution is 2.22. The first-order valence-corrected chi connectivity index (χ1v) is 4.96. The van der Waals surface area contributed by atoms with E-state index in [9.17, 15) is 4.79 Å². The second-order valence-electron chi connectivity index (χ2n) is 3.39. The molecule has 0 aromatic carbocycles. The van der Waals surface area contributed by atoms with Crippen LogP contribution in [0.15, 0.2) is 12.3 Å². The highest BCUT2D eigenvalue weighted by molar-refractivity contribution is 6.30. The molecule has 5 heteroatoms. The SMILES string of the molecule is Cc1cc(Cl)cnc1C(CN)CC(=O)O. The Hall–Kier alpha value is -1.13. The molecule has 4 nitrogen and oxygen atoms in total. The first-order valence-electron chi connectivity index (χ1n) is 4.58. The fourth-order valence-electron chi connectivity index (χ4n) is 1.48. The summed E-state index contributed by atoms with van der Waals surface area (Å²) in [4.78, 5) is 14.7. The van der Waals surface area contributed by atoms with Crippen molar-refractivity contribution in [3.8, 4) is 0 Å². The number of aliphatic carboxylic acids is 1. The number of nitrogens with two attached hydrogens (primary N) is 1. The summed E-state index contributed by atoms with van der Waals surface area (Å²) in [5.74, 6) is -1.12. The molecule has 0 fully saturated rings. The lowest BCUT2D eigenvalue weighted by molar-refractivity contribution is -0.137. The van der Waals surface area contributed by atoms with Crippen LogP contribution in [0, 0.1) is 6.92 Å². The van der Waals surface area contributed by atoms with Gasteiger partial charge in [-0.1, -0.05) is 11.6 Å². The second kappa shape index (κ2) is 5.09. The molecule has 0 radical (unpaired) electrons. The molecule has 1 rings (SSSR count). The largest absolute Gasteiger partial charge is 0.481 e. The zero-order valence-corrected chi connectivity index (χ0v) is 9.16. The van der Waals surface area contributed by atoms with E-state index < -0.39 is 5.97 Å². The van der Waals surface area contributed by atoms with Crippen molar-refractivity contribution < 1.29 is 9.90 Å². The van der Waals surface area contributed by atoms with E-state index in [4.69, 9.17) is 22.4 Å². The van der Waals surface area contributed by atoms with Gasteiger partial charge in [0.1, 0.15) is 0 Å². The average molecular weight is 229 g/mol. The Morgan fingerprint density at radius 1 is 1.73 bits per heavy atom. The number of hydrogen-bond acceptors (Lipinski definition) is 3. The molecule has 1 atom stereocenters. The summed E-state index contributed by atoms with van der Waals surface area (Å²) in [6.45, 7) is 2.11. The minimum Gasteiger partial charge on any atom is -0.481 e. The fourth-order valence-corrected chi connectivity index (χ4v) is 1.69. The van der Waals surface area contributed by atoms with Crippen molar-refractivity contribution in [3.63, 3.8) is 0 Å². The standard InChI is InChI=1S/C10H13ClN2O2/c1-6-2-8(11)5-13-10(6)7(4-12)3-9(14)15/h2,5,7H,3-4,12H2,1H3,(H,14,15). The van der Waals surface area contributed by atoms with Crippen molar-refractivity contribution in [2.75, 3.05) is 6.54 Å². The molecule has 0 saturated carbocycles. The van der Waals surface area contributed by atoms with Crippen LogP contribution in [-0.4, -0.2) is 22.6 Å². The van der Waals surface area contributed by atoms with Gasteiger partial charge in [0.25, 0.3) is 0 Å². The van der Waals surface area contributed by atoms with Crippen molar-refractivity contribution >= 4 is 17.6 Å². The van der Waals surface area contributed by atoms with Crippen LogP contribution in [0.4, 0.5) is 0 Å². The molecule has 0 aliphatic heterocycles. The van der Waals surface area contributed by atoms with E-state index in [1.165, 1.54) is 6.20 Å². The maximum absolute atomic E-state index is 10.6. The van der Waals surface area contributed by atoms with E-state index in [0.29, 0.717) is 10.7 Å². The molecule has 15 heavy (non-hydrogen) atoms. The van der Waals surface area contributed by atoms with E-state index in [-0.39, 0.29) is 18.9 Å². The minimum atomic E-state index is -0.874. The van der Waals surface area contributed by atoms with E-state index in [2.05, 4.69) is 4.98 Å². The van der Waals surface area contributed by atoms with Gasteiger partial charge in [0, 0.05) is 24.4 Å². The van der Waals surface area contributed by atoms with Crippen molar-refractivity contribution in [1.29, 1.82) is 0 Å². The van der Waals surface area contributed by atoms with Crippen molar-refractivity contribution in [3.05, 3.63) is 28.5 Å². The maximum atomic E-state index is 10.6. The molecule has 1 aromatic heterocycles. The summed E-state index contributed by atoms with van der Waals surface area (Å²) < 4.78 is 0. The van der Waals surface area contributed by atoms with Gasteiger partial charge >= 0.3 is 5.97 Å². The van der Waals surface area contributed by atoms with Crippen LogP contribution in [0.1, 0.15) is 23.6 Å². The Bertz CT molecular complexity index is 368. The van der Waals surface area contributed by atoms with E-state index in [1.54, 1.807) is 6.07 Å². The number of aromatic nitrogens is 1. The summed E-state index contributed by atoms with van der Waals surface area (Å²) in [6.07, 6.45) is 1.50. The van der Waals surface area contributed by atoms with Crippen LogP contribution in [0.5, 0.6) is 0 Å². The highest BCUT2D eigenvalue weighted by Gasteiger charge is 2.17. The third kappa shape index (κ3) is 3.18. The molecule has 0 bridgehead atoms. The quantitative estimate of drug-likeness (QED) is 0.820. The molecule has 0 saturated heterocycles. The van der Waals surface area contributed by atoms with Crippen molar-refractivity contribution in [2.45, 2.75) is 19.3 Å². The Kier molecular flexibility index (Phi) is 4.05. The monoisotopic (exact) mass is 228 g/mol. The molecular weight excluding hydrogens is 216 g/mol. The number of carboxylic acid groups (broad SMARTS) is 1. The number of rotatable bonds is 4. The third-order valence-electron chi connectivity index (χ3n) is 2.18. The molecule has 0 amide bonds. The zero-order chi connectivity index (χ0) is 11.4. The average Bonchev–Trinajstić information content (AvgIpc) is 2.14. The highest BCUT2D eigenvalue weighted by atomic mass is 35.5. The van der Waals surface area contributed by atoms with Gasteiger partial charge in [-0.3, -0.25) is 9.78 Å². The smallest absolute Gasteiger partial charge is 0.304 e. The number of aryl methyl sites for hydroxylation is 1. The molecule has 1 unspecified atom stereocenters. The molecule has 3 N–H and O–H groups in total.